The van der Waals surface area contributed by atoms with Crippen molar-refractivity contribution in [1.82, 2.24) is 9.88 Å². The van der Waals surface area contributed by atoms with Gasteiger partial charge in [0.25, 0.3) is 5.91 Å². The Morgan fingerprint density at radius 1 is 1.14 bits per heavy atom. The molecular formula is C27H28N2O5S. The van der Waals surface area contributed by atoms with E-state index in [0.717, 1.165) is 10.6 Å². The highest BCUT2D eigenvalue weighted by molar-refractivity contribution is 7.14. The zero-order chi connectivity index (χ0) is 25.3. The maximum atomic E-state index is 13.7. The number of ether oxygens (including phenoxy) is 2. The van der Waals surface area contributed by atoms with Crippen LogP contribution in [0.15, 0.2) is 59.9 Å². The molecule has 1 amide bonds. The lowest BCUT2D eigenvalue weighted by Crippen LogP contribution is -2.30. The standard InChI is InChI=1S/C27H28N2O5S/c1-15(2)34-21-8-6-7-19(13-21)23-22(24(30)26-16(3)28-17(4)35-26)25(31)27(32)29(23)14-18-9-11-20(33-5)12-10-18/h6-13,15,23,31H,14H2,1-5H3. The van der Waals surface area contributed by atoms with E-state index >= 15 is 0 Å². The summed E-state index contributed by atoms with van der Waals surface area (Å²) in [7, 11) is 1.59. The van der Waals surface area contributed by atoms with E-state index < -0.39 is 23.5 Å². The number of carbonyl (C=O) groups excluding carboxylic acids is 2. The molecule has 1 N–H and O–H groups in total. The average molecular weight is 493 g/mol. The first-order valence-corrected chi connectivity index (χ1v) is 12.1. The molecule has 0 spiro atoms. The van der Waals surface area contributed by atoms with Gasteiger partial charge in [0.1, 0.15) is 11.5 Å². The molecule has 1 aliphatic heterocycles. The second kappa shape index (κ2) is 9.92. The molecule has 0 radical (unpaired) electrons. The van der Waals surface area contributed by atoms with Crippen molar-refractivity contribution in [1.29, 1.82) is 0 Å². The number of aliphatic hydroxyl groups excluding tert-OH is 1. The number of aliphatic hydroxyl groups is 1. The Bertz CT molecular complexity index is 1290. The number of hydrogen-bond acceptors (Lipinski definition) is 7. The third kappa shape index (κ3) is 4.93. The molecule has 0 fully saturated rings. The van der Waals surface area contributed by atoms with Gasteiger partial charge in [-0.25, -0.2) is 4.98 Å². The monoisotopic (exact) mass is 492 g/mol. The smallest absolute Gasteiger partial charge is 0.290 e. The van der Waals surface area contributed by atoms with Gasteiger partial charge in [0.05, 0.1) is 40.4 Å². The fourth-order valence-electron chi connectivity index (χ4n) is 4.22. The number of nitrogens with zero attached hydrogens (tertiary/aromatic N) is 2. The van der Waals surface area contributed by atoms with Crippen molar-refractivity contribution < 1.29 is 24.2 Å². The summed E-state index contributed by atoms with van der Waals surface area (Å²) in [5, 5.41) is 11.7. The Balaban J connectivity index is 1.80. The van der Waals surface area contributed by atoms with E-state index in [1.807, 2.05) is 69.3 Å². The van der Waals surface area contributed by atoms with Crippen LogP contribution in [0.4, 0.5) is 0 Å². The predicted molar refractivity (Wildman–Crippen MR) is 134 cm³/mol. The molecule has 4 rings (SSSR count). The van der Waals surface area contributed by atoms with E-state index in [1.165, 1.54) is 16.2 Å². The molecule has 0 saturated carbocycles. The lowest BCUT2D eigenvalue weighted by molar-refractivity contribution is -0.130. The number of amides is 1. The van der Waals surface area contributed by atoms with Crippen LogP contribution in [-0.4, -0.2) is 39.9 Å². The molecule has 3 aromatic rings. The van der Waals surface area contributed by atoms with Gasteiger partial charge in [-0.2, -0.15) is 0 Å². The van der Waals surface area contributed by atoms with E-state index in [1.54, 1.807) is 14.0 Å². The molecular weight excluding hydrogens is 464 g/mol. The van der Waals surface area contributed by atoms with Crippen LogP contribution in [0.25, 0.3) is 0 Å². The Morgan fingerprint density at radius 2 is 1.86 bits per heavy atom. The first kappa shape index (κ1) is 24.5. The SMILES string of the molecule is COc1ccc(CN2C(=O)C(O)=C(C(=O)c3sc(C)nc3C)C2c2cccc(OC(C)C)c2)cc1. The van der Waals surface area contributed by atoms with Gasteiger partial charge in [-0.1, -0.05) is 24.3 Å². The van der Waals surface area contributed by atoms with Crippen LogP contribution in [-0.2, 0) is 11.3 Å². The molecule has 2 heterocycles. The highest BCUT2D eigenvalue weighted by atomic mass is 32.1. The van der Waals surface area contributed by atoms with E-state index in [2.05, 4.69) is 4.98 Å². The van der Waals surface area contributed by atoms with E-state index in [-0.39, 0.29) is 18.2 Å². The third-order valence-corrected chi connectivity index (χ3v) is 6.79. The van der Waals surface area contributed by atoms with Gasteiger partial charge in [-0.3, -0.25) is 9.59 Å². The number of aromatic nitrogens is 1. The van der Waals surface area contributed by atoms with Crippen LogP contribution >= 0.6 is 11.3 Å². The summed E-state index contributed by atoms with van der Waals surface area (Å²) in [6, 6.07) is 13.9. The number of rotatable bonds is 8. The van der Waals surface area contributed by atoms with Gasteiger partial charge in [-0.15, -0.1) is 11.3 Å². The molecule has 182 valence electrons. The van der Waals surface area contributed by atoms with Crippen LogP contribution < -0.4 is 9.47 Å². The van der Waals surface area contributed by atoms with Crippen molar-refractivity contribution in [3.63, 3.8) is 0 Å². The molecule has 2 aromatic carbocycles. The number of carbonyl (C=O) groups is 2. The Kier molecular flexibility index (Phi) is 6.93. The van der Waals surface area contributed by atoms with Crippen molar-refractivity contribution in [3.05, 3.63) is 86.6 Å². The number of thiazole rings is 1. The quantitative estimate of drug-likeness (QED) is 0.427. The Hall–Kier alpha value is -3.65. The largest absolute Gasteiger partial charge is 0.503 e. The van der Waals surface area contributed by atoms with Crippen LogP contribution in [0.3, 0.4) is 0 Å². The van der Waals surface area contributed by atoms with Crippen LogP contribution in [0.2, 0.25) is 0 Å². The van der Waals surface area contributed by atoms with Gasteiger partial charge in [-0.05, 0) is 63.1 Å². The van der Waals surface area contributed by atoms with Crippen molar-refractivity contribution in [2.45, 2.75) is 46.4 Å². The fourth-order valence-corrected chi connectivity index (χ4v) is 5.09. The first-order chi connectivity index (χ1) is 16.7. The van der Waals surface area contributed by atoms with Crippen LogP contribution in [0.1, 0.15) is 51.4 Å². The van der Waals surface area contributed by atoms with Gasteiger partial charge in [0.2, 0.25) is 5.78 Å². The topological polar surface area (TPSA) is 89.0 Å². The maximum Gasteiger partial charge on any atom is 0.290 e. The molecule has 1 unspecified atom stereocenters. The van der Waals surface area contributed by atoms with E-state index in [0.29, 0.717) is 27.6 Å². The highest BCUT2D eigenvalue weighted by Crippen LogP contribution is 2.41. The molecule has 1 atom stereocenters. The van der Waals surface area contributed by atoms with Gasteiger partial charge in [0, 0.05) is 6.54 Å². The second-order valence-electron chi connectivity index (χ2n) is 8.66. The summed E-state index contributed by atoms with van der Waals surface area (Å²) in [6.07, 6.45) is -0.0428. The maximum absolute atomic E-state index is 13.7. The highest BCUT2D eigenvalue weighted by Gasteiger charge is 2.44. The summed E-state index contributed by atoms with van der Waals surface area (Å²) >= 11 is 1.26. The number of aryl methyl sites for hydroxylation is 2. The molecule has 35 heavy (non-hydrogen) atoms. The summed E-state index contributed by atoms with van der Waals surface area (Å²) < 4.78 is 11.1. The van der Waals surface area contributed by atoms with Crippen LogP contribution in [0, 0.1) is 13.8 Å². The first-order valence-electron chi connectivity index (χ1n) is 11.3. The zero-order valence-corrected chi connectivity index (χ0v) is 21.2. The molecule has 0 aliphatic carbocycles. The normalized spacial score (nSPS) is 15.8. The predicted octanol–water partition coefficient (Wildman–Crippen LogP) is 5.33. The average Bonchev–Trinajstić information content (AvgIpc) is 3.29. The van der Waals surface area contributed by atoms with Crippen molar-refractivity contribution >= 4 is 23.0 Å². The van der Waals surface area contributed by atoms with Gasteiger partial charge >= 0.3 is 0 Å². The minimum absolute atomic E-state index is 0.0428. The summed E-state index contributed by atoms with van der Waals surface area (Å²) in [5.41, 5.74) is 2.15. The number of methoxy groups -OCH3 is 1. The summed E-state index contributed by atoms with van der Waals surface area (Å²) in [4.78, 5) is 33.3. The molecule has 1 aliphatic rings. The van der Waals surface area contributed by atoms with Crippen LogP contribution in [0.5, 0.6) is 11.5 Å². The third-order valence-electron chi connectivity index (χ3n) is 5.72. The summed E-state index contributed by atoms with van der Waals surface area (Å²) in [5.74, 6) is -0.199. The number of ketones is 1. The summed E-state index contributed by atoms with van der Waals surface area (Å²) in [6.45, 7) is 7.63. The lowest BCUT2D eigenvalue weighted by atomic mass is 9.94. The Labute approximate surface area is 208 Å². The van der Waals surface area contributed by atoms with Gasteiger partial charge in [0.15, 0.2) is 5.76 Å². The molecule has 7 nitrogen and oxygen atoms in total. The number of hydrogen-bond donors (Lipinski definition) is 1. The number of benzene rings is 2. The van der Waals surface area contributed by atoms with Crippen molar-refractivity contribution in [2.75, 3.05) is 7.11 Å². The van der Waals surface area contributed by atoms with Crippen molar-refractivity contribution in [2.24, 2.45) is 0 Å². The minimum atomic E-state index is -0.783. The fraction of sp³-hybridized carbons (Fsp3) is 0.296. The molecule has 8 heteroatoms. The lowest BCUT2D eigenvalue weighted by Gasteiger charge is -2.27. The zero-order valence-electron chi connectivity index (χ0n) is 20.4. The van der Waals surface area contributed by atoms with Crippen molar-refractivity contribution in [3.8, 4) is 11.5 Å². The molecule has 0 bridgehead atoms. The van der Waals surface area contributed by atoms with E-state index in [9.17, 15) is 14.7 Å². The second-order valence-corrected chi connectivity index (χ2v) is 9.86. The minimum Gasteiger partial charge on any atom is -0.503 e. The Morgan fingerprint density at radius 3 is 2.46 bits per heavy atom. The van der Waals surface area contributed by atoms with Gasteiger partial charge < -0.3 is 19.5 Å². The number of Topliss-reactive ketones (excluding diaryl/α,β-unsaturated/α-hetero) is 1. The molecule has 1 aromatic heterocycles. The molecule has 0 saturated heterocycles. The van der Waals surface area contributed by atoms with E-state index in [4.69, 9.17) is 9.47 Å².